The summed E-state index contributed by atoms with van der Waals surface area (Å²) in [7, 11) is 4.92. The van der Waals surface area contributed by atoms with Crippen molar-refractivity contribution < 1.29 is 19.1 Å². The summed E-state index contributed by atoms with van der Waals surface area (Å²) in [6.07, 6.45) is 0.726. The van der Waals surface area contributed by atoms with Gasteiger partial charge in [-0.15, -0.1) is 0 Å². The molecule has 0 aliphatic heterocycles. The van der Waals surface area contributed by atoms with E-state index in [-0.39, 0.29) is 5.24 Å². The highest BCUT2D eigenvalue weighted by atomic mass is 32.2. The average Bonchev–Trinajstić information content (AvgIpc) is 2.39. The number of aldehydes is 1. The van der Waals surface area contributed by atoms with Gasteiger partial charge in [0, 0.05) is 31.7 Å². The number of benzene rings is 1. The summed E-state index contributed by atoms with van der Waals surface area (Å²) >= 11 is 1.00. The van der Waals surface area contributed by atoms with Crippen molar-refractivity contribution in [2.45, 2.75) is 4.90 Å². The zero-order valence-corrected chi connectivity index (χ0v) is 12.0. The minimum Gasteiger partial charge on any atom is -0.491 e. The third kappa shape index (κ3) is 4.92. The minimum atomic E-state index is -0.142. The molecule has 0 saturated carbocycles. The van der Waals surface area contributed by atoms with Crippen LogP contribution >= 0.6 is 11.8 Å². The van der Waals surface area contributed by atoms with Gasteiger partial charge in [-0.05, 0) is 30.0 Å². The van der Waals surface area contributed by atoms with Gasteiger partial charge in [0.1, 0.15) is 12.4 Å². The number of nitrogens with zero attached hydrogens (tertiary/aromatic N) is 1. The fraction of sp³-hybridized carbons (Fsp3) is 0.385. The van der Waals surface area contributed by atoms with Crippen molar-refractivity contribution in [3.63, 3.8) is 0 Å². The first kappa shape index (κ1) is 15.5. The van der Waals surface area contributed by atoms with Crippen LogP contribution < -0.4 is 4.74 Å². The maximum atomic E-state index is 11.7. The first-order chi connectivity index (χ1) is 9.08. The highest BCUT2D eigenvalue weighted by Gasteiger charge is 2.11. The van der Waals surface area contributed by atoms with E-state index < -0.39 is 0 Å². The summed E-state index contributed by atoms with van der Waals surface area (Å²) in [5.41, 5.74) is 0.472. The number of carbonyl (C=O) groups excluding carboxylic acids is 2. The first-order valence-corrected chi connectivity index (χ1v) is 6.50. The lowest BCUT2D eigenvalue weighted by Gasteiger charge is -2.12. The van der Waals surface area contributed by atoms with Gasteiger partial charge in [0.25, 0.3) is 5.24 Å². The Hall–Kier alpha value is -1.53. The van der Waals surface area contributed by atoms with E-state index in [0.29, 0.717) is 29.4 Å². The Morgan fingerprint density at radius 1 is 1.37 bits per heavy atom. The van der Waals surface area contributed by atoms with Gasteiger partial charge in [0.2, 0.25) is 0 Å². The maximum Gasteiger partial charge on any atom is 0.285 e. The lowest BCUT2D eigenvalue weighted by Crippen LogP contribution is -2.16. The fourth-order valence-corrected chi connectivity index (χ4v) is 2.00. The molecule has 0 aliphatic rings. The summed E-state index contributed by atoms with van der Waals surface area (Å²) in [5.74, 6) is 0.608. The number of carbonyl (C=O) groups is 2. The van der Waals surface area contributed by atoms with Gasteiger partial charge < -0.3 is 14.4 Å². The third-order valence-corrected chi connectivity index (χ3v) is 3.34. The molecule has 1 amide bonds. The van der Waals surface area contributed by atoms with Gasteiger partial charge in [-0.2, -0.15) is 0 Å². The van der Waals surface area contributed by atoms with Gasteiger partial charge in [0.15, 0.2) is 6.29 Å². The van der Waals surface area contributed by atoms with Crippen molar-refractivity contribution in [3.05, 3.63) is 23.8 Å². The second-order valence-corrected chi connectivity index (χ2v) is 4.91. The van der Waals surface area contributed by atoms with Crippen LogP contribution in [-0.4, -0.2) is 50.8 Å². The Bertz CT molecular complexity index is 448. The van der Waals surface area contributed by atoms with Crippen LogP contribution in [0.1, 0.15) is 10.4 Å². The molecule has 0 spiro atoms. The van der Waals surface area contributed by atoms with Crippen molar-refractivity contribution in [1.29, 1.82) is 0 Å². The molecule has 0 atom stereocenters. The maximum absolute atomic E-state index is 11.7. The predicted molar refractivity (Wildman–Crippen MR) is 74.1 cm³/mol. The quantitative estimate of drug-likeness (QED) is 0.455. The number of rotatable bonds is 6. The SMILES string of the molecule is COCCOc1ccc(C=O)c(SC(=O)N(C)C)c1. The van der Waals surface area contributed by atoms with Crippen molar-refractivity contribution in [2.24, 2.45) is 0 Å². The molecule has 5 nitrogen and oxygen atoms in total. The highest BCUT2D eigenvalue weighted by Crippen LogP contribution is 2.28. The standard InChI is InChI=1S/C13H17NO4S/c1-14(2)13(16)19-12-8-11(18-7-6-17-3)5-4-10(12)9-15/h4-5,8-9H,6-7H2,1-3H3. The van der Waals surface area contributed by atoms with Crippen molar-refractivity contribution in [3.8, 4) is 5.75 Å². The Kier molecular flexibility index (Phi) is 6.38. The molecular weight excluding hydrogens is 266 g/mol. The first-order valence-electron chi connectivity index (χ1n) is 5.68. The molecule has 0 heterocycles. The van der Waals surface area contributed by atoms with E-state index in [9.17, 15) is 9.59 Å². The molecule has 0 fully saturated rings. The number of hydrogen-bond acceptors (Lipinski definition) is 5. The molecule has 0 N–H and O–H groups in total. The van der Waals surface area contributed by atoms with Gasteiger partial charge >= 0.3 is 0 Å². The van der Waals surface area contributed by atoms with E-state index in [1.807, 2.05) is 0 Å². The van der Waals surface area contributed by atoms with Gasteiger partial charge in [-0.25, -0.2) is 0 Å². The fourth-order valence-electron chi connectivity index (χ4n) is 1.22. The Labute approximate surface area is 116 Å². The van der Waals surface area contributed by atoms with E-state index in [4.69, 9.17) is 9.47 Å². The summed E-state index contributed by atoms with van der Waals surface area (Å²) in [6, 6.07) is 5.02. The second kappa shape index (κ2) is 7.81. The molecule has 0 unspecified atom stereocenters. The molecule has 0 saturated heterocycles. The van der Waals surface area contributed by atoms with E-state index in [1.54, 1.807) is 39.4 Å². The summed E-state index contributed by atoms with van der Waals surface area (Å²) in [4.78, 5) is 24.7. The lowest BCUT2D eigenvalue weighted by atomic mass is 10.2. The molecule has 1 aromatic carbocycles. The monoisotopic (exact) mass is 283 g/mol. The number of methoxy groups -OCH3 is 1. The van der Waals surface area contributed by atoms with Crippen LogP contribution in [0, 0.1) is 0 Å². The zero-order valence-electron chi connectivity index (χ0n) is 11.2. The van der Waals surface area contributed by atoms with Crippen LogP contribution in [0.4, 0.5) is 4.79 Å². The van der Waals surface area contributed by atoms with Crippen molar-refractivity contribution >= 4 is 23.3 Å². The Balaban J connectivity index is 2.83. The number of amides is 1. The highest BCUT2D eigenvalue weighted by molar-refractivity contribution is 8.13. The topological polar surface area (TPSA) is 55.8 Å². The van der Waals surface area contributed by atoms with Crippen LogP contribution in [-0.2, 0) is 4.74 Å². The third-order valence-electron chi connectivity index (χ3n) is 2.23. The van der Waals surface area contributed by atoms with Crippen LogP contribution in [0.15, 0.2) is 23.1 Å². The second-order valence-electron chi connectivity index (χ2n) is 3.92. The van der Waals surface area contributed by atoms with Crippen LogP contribution in [0.25, 0.3) is 0 Å². The lowest BCUT2D eigenvalue weighted by molar-refractivity contribution is 0.112. The van der Waals surface area contributed by atoms with Crippen LogP contribution in [0.3, 0.4) is 0 Å². The molecular formula is C13H17NO4S. The summed E-state index contributed by atoms with van der Waals surface area (Å²) in [5, 5.41) is -0.142. The molecule has 0 aliphatic carbocycles. The molecule has 0 radical (unpaired) electrons. The number of hydrogen-bond donors (Lipinski definition) is 0. The van der Waals surface area contributed by atoms with E-state index in [0.717, 1.165) is 18.0 Å². The van der Waals surface area contributed by atoms with Crippen LogP contribution in [0.2, 0.25) is 0 Å². The van der Waals surface area contributed by atoms with Crippen LogP contribution in [0.5, 0.6) is 5.75 Å². The van der Waals surface area contributed by atoms with Gasteiger partial charge in [0.05, 0.1) is 6.61 Å². The number of thioether (sulfide) groups is 1. The largest absolute Gasteiger partial charge is 0.491 e. The molecule has 0 aromatic heterocycles. The van der Waals surface area contributed by atoms with Gasteiger partial charge in [-0.1, -0.05) is 0 Å². The molecule has 1 rings (SSSR count). The zero-order chi connectivity index (χ0) is 14.3. The Morgan fingerprint density at radius 2 is 2.11 bits per heavy atom. The normalized spacial score (nSPS) is 10.1. The predicted octanol–water partition coefficient (Wildman–Crippen LogP) is 2.30. The smallest absolute Gasteiger partial charge is 0.285 e. The van der Waals surface area contributed by atoms with Crippen molar-refractivity contribution in [1.82, 2.24) is 4.90 Å². The molecule has 0 bridgehead atoms. The van der Waals surface area contributed by atoms with Gasteiger partial charge in [-0.3, -0.25) is 9.59 Å². The minimum absolute atomic E-state index is 0.142. The van der Waals surface area contributed by atoms with E-state index in [1.165, 1.54) is 4.90 Å². The molecule has 6 heteroatoms. The molecule has 1 aromatic rings. The number of ether oxygens (including phenoxy) is 2. The molecule has 19 heavy (non-hydrogen) atoms. The van der Waals surface area contributed by atoms with E-state index >= 15 is 0 Å². The average molecular weight is 283 g/mol. The van der Waals surface area contributed by atoms with Crippen molar-refractivity contribution in [2.75, 3.05) is 34.4 Å². The summed E-state index contributed by atoms with van der Waals surface area (Å²) < 4.78 is 10.3. The Morgan fingerprint density at radius 3 is 2.68 bits per heavy atom. The summed E-state index contributed by atoms with van der Waals surface area (Å²) in [6.45, 7) is 0.900. The van der Waals surface area contributed by atoms with E-state index in [2.05, 4.69) is 0 Å². The molecule has 104 valence electrons.